The van der Waals surface area contributed by atoms with Gasteiger partial charge in [0, 0.05) is 6.26 Å². The van der Waals surface area contributed by atoms with E-state index >= 15 is 0 Å². The molecule has 110 valence electrons. The average molecular weight is 316 g/mol. The van der Waals surface area contributed by atoms with Gasteiger partial charge >= 0.3 is 29.6 Å². The molecule has 1 aromatic rings. The molecule has 0 aliphatic carbocycles. The quantitative estimate of drug-likeness (QED) is 0.415. The van der Waals surface area contributed by atoms with Crippen molar-refractivity contribution in [3.05, 3.63) is 24.3 Å². The Labute approximate surface area is 140 Å². The van der Waals surface area contributed by atoms with Gasteiger partial charge in [0.05, 0.1) is 23.3 Å². The largest absolute Gasteiger partial charge is 1.00 e. The van der Waals surface area contributed by atoms with Gasteiger partial charge in [-0.15, -0.1) is 0 Å². The van der Waals surface area contributed by atoms with Gasteiger partial charge in [0.25, 0.3) is 0 Å². The van der Waals surface area contributed by atoms with Crippen LogP contribution in [0.2, 0.25) is 0 Å². The van der Waals surface area contributed by atoms with E-state index in [2.05, 4.69) is 0 Å². The second-order valence-corrected chi connectivity index (χ2v) is 4.73. The van der Waals surface area contributed by atoms with Crippen molar-refractivity contribution in [1.29, 1.82) is 0 Å². The second-order valence-electron chi connectivity index (χ2n) is 3.32. The summed E-state index contributed by atoms with van der Waals surface area (Å²) in [4.78, 5) is 0. The number of hydrogen-bond donors (Lipinski definition) is 2. The van der Waals surface area contributed by atoms with E-state index in [1.165, 1.54) is 0 Å². The van der Waals surface area contributed by atoms with Crippen molar-refractivity contribution in [2.75, 3.05) is 32.7 Å². The Hall–Kier alpha value is -0.350. The zero-order valence-corrected chi connectivity index (χ0v) is 14.3. The molecular weight excluding hydrogens is 299 g/mol. The fourth-order valence-electron chi connectivity index (χ4n) is 0.959. The van der Waals surface area contributed by atoms with Gasteiger partial charge in [-0.1, -0.05) is 0 Å². The molecule has 2 N–H and O–H groups in total. The Morgan fingerprint density at radius 1 is 1.00 bits per heavy atom. The summed E-state index contributed by atoms with van der Waals surface area (Å²) in [5.41, 5.74) is 0. The summed E-state index contributed by atoms with van der Waals surface area (Å²) in [6.07, 6.45) is 0.604. The van der Waals surface area contributed by atoms with Crippen LogP contribution in [0.3, 0.4) is 0 Å². The van der Waals surface area contributed by atoms with Gasteiger partial charge in [0.15, 0.2) is 0 Å². The molecule has 1 rings (SSSR count). The van der Waals surface area contributed by atoms with Crippen molar-refractivity contribution in [3.8, 4) is 11.5 Å². The molecule has 20 heavy (non-hydrogen) atoms. The van der Waals surface area contributed by atoms with E-state index in [0.29, 0.717) is 17.8 Å². The van der Waals surface area contributed by atoms with Crippen LogP contribution < -0.4 is 39.0 Å². The van der Waals surface area contributed by atoms with Crippen LogP contribution in [-0.4, -0.2) is 55.9 Å². The van der Waals surface area contributed by atoms with E-state index in [1.807, 2.05) is 0 Å². The molecule has 9 heteroatoms. The van der Waals surface area contributed by atoms with Gasteiger partial charge in [-0.3, -0.25) is 0 Å². The Bertz CT molecular complexity index is 398. The first-order chi connectivity index (χ1) is 8.86. The smallest absolute Gasteiger partial charge is 0.748 e. The summed E-state index contributed by atoms with van der Waals surface area (Å²) in [7, 11) is -3.92. The van der Waals surface area contributed by atoms with E-state index in [1.54, 1.807) is 24.3 Å². The Kier molecular flexibility index (Phi) is 13.6. The SMILES string of the molecule is CS(=O)(=O)[O-].OCCOc1ccc(OCCO)cc1.[Na+]. The number of ether oxygens (including phenoxy) is 2. The van der Waals surface area contributed by atoms with Crippen LogP contribution in [-0.2, 0) is 10.1 Å². The summed E-state index contributed by atoms with van der Waals surface area (Å²) < 4.78 is 37.5. The van der Waals surface area contributed by atoms with Crippen molar-refractivity contribution in [2.24, 2.45) is 0 Å². The topological polar surface area (TPSA) is 116 Å². The first-order valence-electron chi connectivity index (χ1n) is 5.35. The molecule has 0 heterocycles. The molecule has 1 aromatic carbocycles. The van der Waals surface area contributed by atoms with E-state index in [9.17, 15) is 0 Å². The van der Waals surface area contributed by atoms with Crippen LogP contribution in [0.25, 0.3) is 0 Å². The minimum atomic E-state index is -3.92. The molecule has 0 fully saturated rings. The first-order valence-corrected chi connectivity index (χ1v) is 7.16. The summed E-state index contributed by atoms with van der Waals surface area (Å²) in [5.74, 6) is 1.38. The summed E-state index contributed by atoms with van der Waals surface area (Å²) in [6, 6.07) is 7.01. The summed E-state index contributed by atoms with van der Waals surface area (Å²) in [6.45, 7) is 0.583. The van der Waals surface area contributed by atoms with Crippen molar-refractivity contribution < 1.29 is 62.2 Å². The Morgan fingerprint density at radius 2 is 1.25 bits per heavy atom. The zero-order chi connectivity index (χ0) is 14.7. The van der Waals surface area contributed by atoms with Gasteiger partial charge in [0.2, 0.25) is 0 Å². The molecule has 0 saturated heterocycles. The van der Waals surface area contributed by atoms with Crippen LogP contribution in [0.15, 0.2) is 24.3 Å². The minimum absolute atomic E-state index is 0. The predicted octanol–water partition coefficient (Wildman–Crippen LogP) is -3.41. The maximum absolute atomic E-state index is 9.08. The minimum Gasteiger partial charge on any atom is -0.748 e. The number of benzene rings is 1. The molecule has 0 spiro atoms. The second kappa shape index (κ2) is 12.4. The van der Waals surface area contributed by atoms with Gasteiger partial charge in [-0.05, 0) is 24.3 Å². The molecule has 0 aliphatic rings. The Balaban J connectivity index is 0. The average Bonchev–Trinajstić information content (AvgIpc) is 2.33. The van der Waals surface area contributed by atoms with Gasteiger partial charge in [0.1, 0.15) is 24.7 Å². The molecule has 0 saturated carbocycles. The third-order valence-electron chi connectivity index (χ3n) is 1.54. The molecule has 0 atom stereocenters. The maximum Gasteiger partial charge on any atom is 1.00 e. The normalized spacial score (nSPS) is 9.80. The third-order valence-corrected chi connectivity index (χ3v) is 1.54. The van der Waals surface area contributed by atoms with Crippen molar-refractivity contribution in [1.82, 2.24) is 0 Å². The molecule has 0 bridgehead atoms. The van der Waals surface area contributed by atoms with Gasteiger partial charge < -0.3 is 24.2 Å². The third kappa shape index (κ3) is 15.7. The molecular formula is C11H17NaO7S. The molecule has 0 aromatic heterocycles. The van der Waals surface area contributed by atoms with Crippen molar-refractivity contribution in [2.45, 2.75) is 0 Å². The Morgan fingerprint density at radius 3 is 1.45 bits per heavy atom. The van der Waals surface area contributed by atoms with Crippen molar-refractivity contribution >= 4 is 10.1 Å². The standard InChI is InChI=1S/C10H14O4.CH4O3S.Na/c11-5-7-13-9-1-2-10(4-3-9)14-8-6-12;1-5(2,3)4;/h1-4,11-12H,5-8H2;1H3,(H,2,3,4);/q;;+1/p-1. The summed E-state index contributed by atoms with van der Waals surface area (Å²) in [5, 5.41) is 17.0. The van der Waals surface area contributed by atoms with E-state index < -0.39 is 10.1 Å². The fraction of sp³-hybridized carbons (Fsp3) is 0.455. The monoisotopic (exact) mass is 316 g/mol. The first kappa shape index (κ1) is 21.9. The summed E-state index contributed by atoms with van der Waals surface area (Å²) >= 11 is 0. The van der Waals surface area contributed by atoms with Crippen LogP contribution in [0, 0.1) is 0 Å². The van der Waals surface area contributed by atoms with Crippen LogP contribution in [0.1, 0.15) is 0 Å². The predicted molar refractivity (Wildman–Crippen MR) is 67.2 cm³/mol. The molecule has 0 aliphatic heterocycles. The van der Waals surface area contributed by atoms with E-state index in [0.717, 1.165) is 0 Å². The van der Waals surface area contributed by atoms with Crippen LogP contribution >= 0.6 is 0 Å². The van der Waals surface area contributed by atoms with Crippen LogP contribution in [0.5, 0.6) is 11.5 Å². The van der Waals surface area contributed by atoms with Gasteiger partial charge in [-0.25, -0.2) is 8.42 Å². The van der Waals surface area contributed by atoms with Crippen molar-refractivity contribution in [3.63, 3.8) is 0 Å². The number of hydrogen-bond acceptors (Lipinski definition) is 7. The molecule has 0 amide bonds. The number of rotatable bonds is 6. The number of aliphatic hydroxyl groups is 2. The number of aliphatic hydroxyl groups excluding tert-OH is 2. The van der Waals surface area contributed by atoms with Gasteiger partial charge in [-0.2, -0.15) is 0 Å². The van der Waals surface area contributed by atoms with E-state index in [-0.39, 0.29) is 56.0 Å². The van der Waals surface area contributed by atoms with Crippen LogP contribution in [0.4, 0.5) is 0 Å². The molecule has 7 nitrogen and oxygen atoms in total. The maximum atomic E-state index is 9.08. The molecule has 0 unspecified atom stereocenters. The van der Waals surface area contributed by atoms with E-state index in [4.69, 9.17) is 32.7 Å². The molecule has 0 radical (unpaired) electrons. The zero-order valence-electron chi connectivity index (χ0n) is 11.5. The fourth-order valence-corrected chi connectivity index (χ4v) is 0.959.